The van der Waals surface area contributed by atoms with Crippen molar-refractivity contribution in [3.8, 4) is 0 Å². The molecule has 90 valence electrons. The smallest absolute Gasteiger partial charge is 0.164 e. The molecule has 0 aliphatic carbocycles. The molecule has 1 atom stereocenters. The fraction of sp³-hybridized carbons (Fsp3) is 0.167. The minimum absolute atomic E-state index is 0.183. The van der Waals surface area contributed by atoms with Crippen molar-refractivity contribution in [2.75, 3.05) is 0 Å². The molecule has 1 nitrogen and oxygen atoms in total. The van der Waals surface area contributed by atoms with Gasteiger partial charge in [0.2, 0.25) is 0 Å². The lowest BCUT2D eigenvalue weighted by Crippen LogP contribution is -2.13. The maximum absolute atomic E-state index is 13.7. The zero-order valence-electron chi connectivity index (χ0n) is 9.01. The number of benzene rings is 1. The van der Waals surface area contributed by atoms with Crippen LogP contribution in [0.4, 0.5) is 8.78 Å². The normalized spacial score (nSPS) is 12.8. The minimum atomic E-state index is -0.859. The molecule has 1 aromatic carbocycles. The van der Waals surface area contributed by atoms with Gasteiger partial charge in [0.1, 0.15) is 0 Å². The predicted molar refractivity (Wildman–Crippen MR) is 69.1 cm³/mol. The number of thiophene rings is 1. The lowest BCUT2D eigenvalue weighted by Gasteiger charge is -2.12. The summed E-state index contributed by atoms with van der Waals surface area (Å²) in [7, 11) is 0. The Hall–Kier alpha value is -0.780. The Labute approximate surface area is 110 Å². The third-order valence-corrected chi connectivity index (χ3v) is 4.25. The molecule has 0 aliphatic heterocycles. The van der Waals surface area contributed by atoms with Gasteiger partial charge in [-0.15, -0.1) is 11.3 Å². The lowest BCUT2D eigenvalue weighted by molar-refractivity contribution is 0.490. The standard InChI is InChI=1S/C12H10BrF2NS/c1-6-2-3-7(11(15)10(6)14)12(16)8-4-5-9(13)17-8/h2-5,12H,16H2,1H3. The number of aryl methyl sites for hydroxylation is 1. The molecule has 0 spiro atoms. The summed E-state index contributed by atoms with van der Waals surface area (Å²) in [4.78, 5) is 0.791. The number of hydrogen-bond donors (Lipinski definition) is 1. The first-order chi connectivity index (χ1) is 8.00. The molecular formula is C12H10BrF2NS. The van der Waals surface area contributed by atoms with Crippen molar-refractivity contribution in [3.63, 3.8) is 0 Å². The Morgan fingerprint density at radius 1 is 1.18 bits per heavy atom. The van der Waals surface area contributed by atoms with E-state index in [4.69, 9.17) is 5.73 Å². The van der Waals surface area contributed by atoms with Crippen molar-refractivity contribution in [3.05, 3.63) is 55.7 Å². The van der Waals surface area contributed by atoms with E-state index in [9.17, 15) is 8.78 Å². The summed E-state index contributed by atoms with van der Waals surface area (Å²) >= 11 is 4.72. The van der Waals surface area contributed by atoms with Crippen molar-refractivity contribution in [1.82, 2.24) is 0 Å². The number of halogens is 3. The average molecular weight is 318 g/mol. The van der Waals surface area contributed by atoms with Crippen molar-refractivity contribution in [2.45, 2.75) is 13.0 Å². The Bertz CT molecular complexity index is 553. The largest absolute Gasteiger partial charge is 0.320 e. The molecule has 17 heavy (non-hydrogen) atoms. The number of nitrogens with two attached hydrogens (primary N) is 1. The van der Waals surface area contributed by atoms with E-state index in [1.54, 1.807) is 6.07 Å². The van der Waals surface area contributed by atoms with Gasteiger partial charge in [0.15, 0.2) is 11.6 Å². The Morgan fingerprint density at radius 2 is 1.88 bits per heavy atom. The molecule has 2 rings (SSSR count). The van der Waals surface area contributed by atoms with Crippen LogP contribution in [0.3, 0.4) is 0 Å². The van der Waals surface area contributed by atoms with Gasteiger partial charge in [0.25, 0.3) is 0 Å². The number of hydrogen-bond acceptors (Lipinski definition) is 2. The van der Waals surface area contributed by atoms with Crippen LogP contribution in [0.5, 0.6) is 0 Å². The van der Waals surface area contributed by atoms with Gasteiger partial charge in [0.05, 0.1) is 9.83 Å². The number of rotatable bonds is 2. The van der Waals surface area contributed by atoms with Crippen LogP contribution in [0.1, 0.15) is 22.0 Å². The maximum Gasteiger partial charge on any atom is 0.164 e. The van der Waals surface area contributed by atoms with Gasteiger partial charge >= 0.3 is 0 Å². The monoisotopic (exact) mass is 317 g/mol. The van der Waals surface area contributed by atoms with E-state index in [0.717, 1.165) is 8.66 Å². The molecule has 2 aromatic rings. The topological polar surface area (TPSA) is 26.0 Å². The van der Waals surface area contributed by atoms with Crippen LogP contribution in [-0.4, -0.2) is 0 Å². The molecule has 0 radical (unpaired) electrons. The third kappa shape index (κ3) is 2.41. The molecule has 0 saturated carbocycles. The van der Waals surface area contributed by atoms with E-state index >= 15 is 0 Å². The first-order valence-electron chi connectivity index (χ1n) is 4.96. The van der Waals surface area contributed by atoms with Gasteiger partial charge in [0, 0.05) is 10.4 Å². The molecule has 5 heteroatoms. The zero-order chi connectivity index (χ0) is 12.6. The van der Waals surface area contributed by atoms with Crippen LogP contribution in [0, 0.1) is 18.6 Å². The fourth-order valence-electron chi connectivity index (χ4n) is 1.55. The molecular weight excluding hydrogens is 308 g/mol. The Morgan fingerprint density at radius 3 is 2.47 bits per heavy atom. The van der Waals surface area contributed by atoms with Gasteiger partial charge in [-0.2, -0.15) is 0 Å². The van der Waals surface area contributed by atoms with Crippen LogP contribution >= 0.6 is 27.3 Å². The average Bonchev–Trinajstić information content (AvgIpc) is 2.72. The Balaban J connectivity index is 2.44. The molecule has 0 aliphatic rings. The molecule has 1 unspecified atom stereocenters. The second kappa shape index (κ2) is 4.84. The summed E-state index contributed by atoms with van der Waals surface area (Å²) in [5.41, 5.74) is 6.40. The second-order valence-electron chi connectivity index (χ2n) is 3.72. The van der Waals surface area contributed by atoms with Crippen LogP contribution in [-0.2, 0) is 0 Å². The highest BCUT2D eigenvalue weighted by Crippen LogP contribution is 2.31. The van der Waals surface area contributed by atoms with E-state index in [1.165, 1.54) is 30.4 Å². The van der Waals surface area contributed by atoms with Crippen molar-refractivity contribution in [1.29, 1.82) is 0 Å². The molecule has 0 bridgehead atoms. The van der Waals surface area contributed by atoms with Gasteiger partial charge in [-0.05, 0) is 40.5 Å². The highest BCUT2D eigenvalue weighted by Gasteiger charge is 2.19. The van der Waals surface area contributed by atoms with Gasteiger partial charge in [-0.25, -0.2) is 8.78 Å². The molecule has 1 aromatic heterocycles. The van der Waals surface area contributed by atoms with E-state index < -0.39 is 17.7 Å². The molecule has 2 N–H and O–H groups in total. The third-order valence-electron chi connectivity index (χ3n) is 2.54. The maximum atomic E-state index is 13.7. The van der Waals surface area contributed by atoms with E-state index in [0.29, 0.717) is 0 Å². The molecule has 0 saturated heterocycles. The molecule has 1 heterocycles. The fourth-order valence-corrected chi connectivity index (χ4v) is 2.99. The predicted octanol–water partition coefficient (Wildman–Crippen LogP) is 4.15. The summed E-state index contributed by atoms with van der Waals surface area (Å²) in [6.07, 6.45) is 0. The van der Waals surface area contributed by atoms with Crippen molar-refractivity contribution in [2.24, 2.45) is 5.73 Å². The van der Waals surface area contributed by atoms with Crippen LogP contribution in [0.25, 0.3) is 0 Å². The van der Waals surface area contributed by atoms with Crippen LogP contribution in [0.15, 0.2) is 28.1 Å². The SMILES string of the molecule is Cc1ccc(C(N)c2ccc(Br)s2)c(F)c1F. The molecule has 0 amide bonds. The first kappa shape index (κ1) is 12.7. The minimum Gasteiger partial charge on any atom is -0.320 e. The lowest BCUT2D eigenvalue weighted by atomic mass is 10.0. The summed E-state index contributed by atoms with van der Waals surface area (Å²) in [5, 5.41) is 0. The van der Waals surface area contributed by atoms with E-state index in [2.05, 4.69) is 15.9 Å². The quantitative estimate of drug-likeness (QED) is 0.884. The van der Waals surface area contributed by atoms with Crippen LogP contribution in [0.2, 0.25) is 0 Å². The zero-order valence-corrected chi connectivity index (χ0v) is 11.4. The van der Waals surface area contributed by atoms with Crippen molar-refractivity contribution >= 4 is 27.3 Å². The summed E-state index contributed by atoms with van der Waals surface area (Å²) in [5.74, 6) is -1.68. The van der Waals surface area contributed by atoms with Crippen molar-refractivity contribution < 1.29 is 8.78 Å². The summed E-state index contributed by atoms with van der Waals surface area (Å²) in [6.45, 7) is 1.52. The van der Waals surface area contributed by atoms with Gasteiger partial charge in [-0.3, -0.25) is 0 Å². The Kier molecular flexibility index (Phi) is 3.61. The summed E-state index contributed by atoms with van der Waals surface area (Å²) in [6, 6.07) is 6.07. The second-order valence-corrected chi connectivity index (χ2v) is 6.21. The summed E-state index contributed by atoms with van der Waals surface area (Å²) < 4.78 is 28.1. The van der Waals surface area contributed by atoms with Crippen LogP contribution < -0.4 is 5.73 Å². The highest BCUT2D eigenvalue weighted by atomic mass is 79.9. The van der Waals surface area contributed by atoms with E-state index in [1.807, 2.05) is 6.07 Å². The first-order valence-corrected chi connectivity index (χ1v) is 6.57. The van der Waals surface area contributed by atoms with E-state index in [-0.39, 0.29) is 11.1 Å². The highest BCUT2D eigenvalue weighted by molar-refractivity contribution is 9.11. The molecule has 0 fully saturated rings. The van der Waals surface area contributed by atoms with Gasteiger partial charge < -0.3 is 5.73 Å². The van der Waals surface area contributed by atoms with Gasteiger partial charge in [-0.1, -0.05) is 12.1 Å².